The van der Waals surface area contributed by atoms with Crippen LogP contribution < -0.4 is 10.6 Å². The van der Waals surface area contributed by atoms with E-state index in [0.717, 1.165) is 0 Å². The van der Waals surface area contributed by atoms with Gasteiger partial charge in [-0.3, -0.25) is 14.9 Å². The maximum Gasteiger partial charge on any atom is 0.274 e. The summed E-state index contributed by atoms with van der Waals surface area (Å²) in [7, 11) is -3.53. The van der Waals surface area contributed by atoms with Crippen molar-refractivity contribution in [3.05, 3.63) is 58.1 Å². The Morgan fingerprint density at radius 2 is 1.66 bits per heavy atom. The average molecular weight is 420 g/mol. The van der Waals surface area contributed by atoms with Gasteiger partial charge in [0, 0.05) is 36.1 Å². The number of nitro benzene ring substituents is 1. The van der Waals surface area contributed by atoms with E-state index in [4.69, 9.17) is 0 Å². The first-order valence-electron chi connectivity index (χ1n) is 9.08. The molecule has 2 rings (SSSR count). The minimum Gasteiger partial charge on any atom is -0.376 e. The minimum absolute atomic E-state index is 0.0687. The molecule has 0 spiro atoms. The Hall–Kier alpha value is -2.98. The van der Waals surface area contributed by atoms with Crippen molar-refractivity contribution in [3.8, 4) is 0 Å². The predicted octanol–water partition coefficient (Wildman–Crippen LogP) is 2.98. The van der Waals surface area contributed by atoms with Crippen molar-refractivity contribution < 1.29 is 18.1 Å². The highest BCUT2D eigenvalue weighted by Crippen LogP contribution is 2.22. The summed E-state index contributed by atoms with van der Waals surface area (Å²) in [5.74, 6) is -0.386. The molecule has 0 aromatic heterocycles. The van der Waals surface area contributed by atoms with Gasteiger partial charge in [-0.1, -0.05) is 19.9 Å². The highest BCUT2D eigenvalue weighted by molar-refractivity contribution is 7.89. The first-order valence-corrected chi connectivity index (χ1v) is 10.5. The monoisotopic (exact) mass is 420 g/mol. The van der Waals surface area contributed by atoms with Crippen LogP contribution in [0.4, 0.5) is 17.1 Å². The van der Waals surface area contributed by atoms with Crippen molar-refractivity contribution in [2.24, 2.45) is 0 Å². The average Bonchev–Trinajstić information content (AvgIpc) is 2.68. The molecule has 2 aromatic rings. The van der Waals surface area contributed by atoms with Gasteiger partial charge < -0.3 is 10.6 Å². The molecule has 1 amide bonds. The Labute approximate surface area is 169 Å². The number of nitrogens with one attached hydrogen (secondary N) is 2. The zero-order valence-electron chi connectivity index (χ0n) is 16.5. The molecule has 0 atom stereocenters. The van der Waals surface area contributed by atoms with Gasteiger partial charge in [0.05, 0.1) is 16.4 Å². The zero-order valence-corrected chi connectivity index (χ0v) is 17.3. The lowest BCUT2D eigenvalue weighted by Crippen LogP contribution is -2.30. The number of anilines is 2. The topological polar surface area (TPSA) is 122 Å². The lowest BCUT2D eigenvalue weighted by atomic mass is 10.2. The summed E-state index contributed by atoms with van der Waals surface area (Å²) in [4.78, 5) is 22.8. The number of rotatable bonds is 9. The highest BCUT2D eigenvalue weighted by Gasteiger charge is 2.21. The quantitative estimate of drug-likeness (QED) is 0.475. The van der Waals surface area contributed by atoms with Gasteiger partial charge in [0.1, 0.15) is 0 Å². The van der Waals surface area contributed by atoms with Crippen LogP contribution in [0.15, 0.2) is 47.4 Å². The van der Waals surface area contributed by atoms with Crippen molar-refractivity contribution in [3.63, 3.8) is 0 Å². The lowest BCUT2D eigenvalue weighted by Gasteiger charge is -2.18. The first kappa shape index (κ1) is 22.3. The molecule has 0 heterocycles. The number of carbonyl (C=O) groups is 1. The molecule has 0 saturated heterocycles. The van der Waals surface area contributed by atoms with E-state index in [1.54, 1.807) is 45.0 Å². The summed E-state index contributed by atoms with van der Waals surface area (Å²) in [6, 6.07) is 10.6. The summed E-state index contributed by atoms with van der Waals surface area (Å²) in [5.41, 5.74) is 1.34. The molecule has 0 aliphatic heterocycles. The molecule has 0 saturated carbocycles. The van der Waals surface area contributed by atoms with Crippen LogP contribution in [0.1, 0.15) is 19.4 Å². The molecule has 0 aliphatic rings. The molecule has 0 aliphatic carbocycles. The van der Waals surface area contributed by atoms with Crippen LogP contribution in [-0.2, 0) is 14.8 Å². The molecule has 2 N–H and O–H groups in total. The number of sulfonamides is 1. The van der Waals surface area contributed by atoms with Crippen molar-refractivity contribution in [2.45, 2.75) is 25.7 Å². The van der Waals surface area contributed by atoms with E-state index in [9.17, 15) is 23.3 Å². The van der Waals surface area contributed by atoms with Crippen LogP contribution in [0.2, 0.25) is 0 Å². The summed E-state index contributed by atoms with van der Waals surface area (Å²) >= 11 is 0. The molecule has 0 radical (unpaired) electrons. The fraction of sp³-hybridized carbons (Fsp3) is 0.316. The smallest absolute Gasteiger partial charge is 0.274 e. The SMILES string of the molecule is CCN(CC)S(=O)(=O)c1ccc(NCC(=O)Nc2ccc(C)c([N+](=O)[O-])c2)cc1. The van der Waals surface area contributed by atoms with Gasteiger partial charge in [-0.15, -0.1) is 0 Å². The van der Waals surface area contributed by atoms with E-state index in [-0.39, 0.29) is 23.0 Å². The van der Waals surface area contributed by atoms with E-state index in [1.807, 2.05) is 0 Å². The van der Waals surface area contributed by atoms with Crippen molar-refractivity contribution in [1.29, 1.82) is 0 Å². The van der Waals surface area contributed by atoms with Gasteiger partial charge in [-0.05, 0) is 37.3 Å². The van der Waals surface area contributed by atoms with Crippen LogP contribution in [0, 0.1) is 17.0 Å². The fourth-order valence-corrected chi connectivity index (χ4v) is 4.19. The largest absolute Gasteiger partial charge is 0.376 e. The minimum atomic E-state index is -3.53. The van der Waals surface area contributed by atoms with E-state index >= 15 is 0 Å². The van der Waals surface area contributed by atoms with Crippen molar-refractivity contribution >= 4 is 33.0 Å². The molecule has 156 valence electrons. The second kappa shape index (κ2) is 9.48. The highest BCUT2D eigenvalue weighted by atomic mass is 32.2. The van der Waals surface area contributed by atoms with Gasteiger partial charge in [0.2, 0.25) is 15.9 Å². The van der Waals surface area contributed by atoms with Crippen LogP contribution >= 0.6 is 0 Å². The maximum atomic E-state index is 12.5. The third kappa shape index (κ3) is 5.52. The standard InChI is InChI=1S/C19H24N4O5S/c1-4-22(5-2)29(27,28)17-10-8-15(9-11-17)20-13-19(24)21-16-7-6-14(3)18(12-16)23(25)26/h6-12,20H,4-5,13H2,1-3H3,(H,21,24). The molecule has 2 aromatic carbocycles. The molecule has 0 unspecified atom stereocenters. The number of aryl methyl sites for hydroxylation is 1. The van der Waals surface area contributed by atoms with E-state index in [2.05, 4.69) is 10.6 Å². The van der Waals surface area contributed by atoms with Gasteiger partial charge in [-0.25, -0.2) is 8.42 Å². The number of hydrogen-bond donors (Lipinski definition) is 2. The number of nitrogens with zero attached hydrogens (tertiary/aromatic N) is 2. The Kier molecular flexibility index (Phi) is 7.29. The molecular formula is C19H24N4O5S. The Morgan fingerprint density at radius 1 is 1.07 bits per heavy atom. The van der Waals surface area contributed by atoms with E-state index in [0.29, 0.717) is 30.0 Å². The van der Waals surface area contributed by atoms with Gasteiger partial charge >= 0.3 is 0 Å². The first-order chi connectivity index (χ1) is 13.7. The van der Waals surface area contributed by atoms with E-state index < -0.39 is 14.9 Å². The molecule has 0 fully saturated rings. The maximum absolute atomic E-state index is 12.5. The molecule has 0 bridgehead atoms. The normalized spacial score (nSPS) is 11.3. The van der Waals surface area contributed by atoms with Crippen molar-refractivity contribution in [1.82, 2.24) is 4.31 Å². The third-order valence-electron chi connectivity index (χ3n) is 4.34. The van der Waals surface area contributed by atoms with Crippen LogP contribution in [0.25, 0.3) is 0 Å². The summed E-state index contributed by atoms with van der Waals surface area (Å²) in [6.45, 7) is 5.86. The molecular weight excluding hydrogens is 396 g/mol. The number of amides is 1. The number of nitro groups is 1. The van der Waals surface area contributed by atoms with Crippen molar-refractivity contribution in [2.75, 3.05) is 30.3 Å². The summed E-state index contributed by atoms with van der Waals surface area (Å²) in [6.07, 6.45) is 0. The predicted molar refractivity (Wildman–Crippen MR) is 112 cm³/mol. The number of hydrogen-bond acceptors (Lipinski definition) is 6. The molecule has 9 nitrogen and oxygen atoms in total. The summed E-state index contributed by atoms with van der Waals surface area (Å²) in [5, 5.41) is 16.5. The zero-order chi connectivity index (χ0) is 21.6. The van der Waals surface area contributed by atoms with Gasteiger partial charge in [0.15, 0.2) is 0 Å². The van der Waals surface area contributed by atoms with Crippen LogP contribution in [-0.4, -0.2) is 43.2 Å². The molecule has 10 heteroatoms. The van der Waals surface area contributed by atoms with Crippen LogP contribution in [0.3, 0.4) is 0 Å². The van der Waals surface area contributed by atoms with Gasteiger partial charge in [-0.2, -0.15) is 4.31 Å². The van der Waals surface area contributed by atoms with Crippen LogP contribution in [0.5, 0.6) is 0 Å². The number of benzene rings is 2. The third-order valence-corrected chi connectivity index (χ3v) is 6.40. The molecule has 29 heavy (non-hydrogen) atoms. The fourth-order valence-electron chi connectivity index (χ4n) is 2.73. The second-order valence-electron chi connectivity index (χ2n) is 6.27. The second-order valence-corrected chi connectivity index (χ2v) is 8.21. The Balaban J connectivity index is 1.99. The van der Waals surface area contributed by atoms with Gasteiger partial charge in [0.25, 0.3) is 5.69 Å². The van der Waals surface area contributed by atoms with E-state index in [1.165, 1.54) is 22.5 Å². The Bertz CT molecular complexity index is 986. The Morgan fingerprint density at radius 3 is 2.21 bits per heavy atom. The summed E-state index contributed by atoms with van der Waals surface area (Å²) < 4.78 is 26.3. The number of carbonyl (C=O) groups excluding carboxylic acids is 1. The lowest BCUT2D eigenvalue weighted by molar-refractivity contribution is -0.385.